The van der Waals surface area contributed by atoms with E-state index in [0.29, 0.717) is 5.15 Å². The molecule has 4 nitrogen and oxygen atoms in total. The van der Waals surface area contributed by atoms with Crippen LogP contribution in [0.2, 0.25) is 5.15 Å². The van der Waals surface area contributed by atoms with E-state index in [4.69, 9.17) is 11.6 Å². The predicted molar refractivity (Wildman–Crippen MR) is 110 cm³/mol. The van der Waals surface area contributed by atoms with Crippen molar-refractivity contribution < 1.29 is 14.3 Å². The van der Waals surface area contributed by atoms with E-state index >= 15 is 0 Å². The van der Waals surface area contributed by atoms with Gasteiger partial charge in [0.05, 0.1) is 0 Å². The van der Waals surface area contributed by atoms with E-state index in [-0.39, 0.29) is 18.3 Å². The summed E-state index contributed by atoms with van der Waals surface area (Å²) in [5.74, 6) is -1.27. The predicted octanol–water partition coefficient (Wildman–Crippen LogP) is 3.61. The van der Waals surface area contributed by atoms with Gasteiger partial charge in [0.25, 0.3) is 0 Å². The minimum atomic E-state index is -1.08. The molecule has 4 rings (SSSR count). The van der Waals surface area contributed by atoms with Crippen molar-refractivity contribution in [3.8, 4) is 0 Å². The monoisotopic (exact) mass is 413 g/mol. The molecule has 0 aliphatic carbocycles. The van der Waals surface area contributed by atoms with Crippen molar-refractivity contribution in [1.82, 2.24) is 9.47 Å². The Morgan fingerprint density at radius 2 is 1.90 bits per heavy atom. The number of carboxylic acid groups (broad SMARTS) is 1. The summed E-state index contributed by atoms with van der Waals surface area (Å²) in [5.41, 5.74) is 2.72. The van der Waals surface area contributed by atoms with E-state index in [0.717, 1.165) is 60.9 Å². The molecule has 0 spiro atoms. The Kier molecular flexibility index (Phi) is 5.88. The molecule has 0 saturated carbocycles. The van der Waals surface area contributed by atoms with Crippen LogP contribution in [0.3, 0.4) is 0 Å². The number of benzene rings is 2. The number of carbonyl (C=O) groups excluding carboxylic acids is 1. The number of fused-ring (bicyclic) bond motifs is 1. The fourth-order valence-corrected chi connectivity index (χ4v) is 4.61. The van der Waals surface area contributed by atoms with E-state index in [2.05, 4.69) is 9.47 Å². The lowest BCUT2D eigenvalue weighted by atomic mass is 10.0. The van der Waals surface area contributed by atoms with Gasteiger partial charge in [0.1, 0.15) is 11.0 Å². The van der Waals surface area contributed by atoms with Crippen molar-refractivity contribution in [3.63, 3.8) is 0 Å². The number of halogens is 2. The number of aromatic nitrogens is 1. The van der Waals surface area contributed by atoms with Crippen molar-refractivity contribution in [2.75, 3.05) is 19.6 Å². The van der Waals surface area contributed by atoms with Crippen LogP contribution in [-0.4, -0.2) is 35.1 Å². The maximum atomic E-state index is 13.3. The Balaban J connectivity index is 1.43. The molecule has 3 aromatic rings. The molecule has 1 saturated heterocycles. The lowest BCUT2D eigenvalue weighted by Crippen LogP contribution is -2.36. The first-order valence-corrected chi connectivity index (χ1v) is 10.3. The quantitative estimate of drug-likeness (QED) is 0.620. The second-order valence-corrected chi connectivity index (χ2v) is 8.12. The average Bonchev–Trinajstić information content (AvgIpc) is 3.01. The van der Waals surface area contributed by atoms with Gasteiger partial charge >= 0.3 is 0 Å². The molecule has 0 unspecified atom stereocenters. The topological polar surface area (TPSA) is 48.3 Å². The van der Waals surface area contributed by atoms with Crippen LogP contribution in [-0.2, 0) is 17.6 Å². The number of hydrogen-bond acceptors (Lipinski definition) is 3. The van der Waals surface area contributed by atoms with Crippen LogP contribution >= 0.6 is 11.6 Å². The Morgan fingerprint density at radius 3 is 2.62 bits per heavy atom. The molecule has 2 aromatic carbocycles. The molecule has 6 heteroatoms. The Morgan fingerprint density at radius 1 is 1.10 bits per heavy atom. The summed E-state index contributed by atoms with van der Waals surface area (Å²) >= 11 is 6.54. The van der Waals surface area contributed by atoms with Gasteiger partial charge in [-0.3, -0.25) is 0 Å². The summed E-state index contributed by atoms with van der Waals surface area (Å²) < 4.78 is 15.5. The number of carboxylic acids is 1. The second kappa shape index (κ2) is 8.56. The highest BCUT2D eigenvalue weighted by molar-refractivity contribution is 6.31. The minimum Gasteiger partial charge on any atom is -0.550 e. The summed E-state index contributed by atoms with van der Waals surface area (Å²) in [7, 11) is 0. The molecule has 1 aliphatic rings. The summed E-state index contributed by atoms with van der Waals surface area (Å²) in [5, 5.41) is 12.6. The summed E-state index contributed by atoms with van der Waals surface area (Å²) in [6.45, 7) is 2.82. The van der Waals surface area contributed by atoms with Crippen LogP contribution in [0.25, 0.3) is 10.9 Å². The fraction of sp³-hybridized carbons (Fsp3) is 0.348. The van der Waals surface area contributed by atoms with Gasteiger partial charge in [-0.05, 0) is 54.7 Å². The molecular weight excluding hydrogens is 391 g/mol. The van der Waals surface area contributed by atoms with Crippen LogP contribution in [0.4, 0.5) is 4.39 Å². The van der Waals surface area contributed by atoms with Crippen molar-refractivity contribution in [1.29, 1.82) is 0 Å². The normalized spacial score (nSPS) is 15.8. The Labute approximate surface area is 174 Å². The first-order chi connectivity index (χ1) is 14.0. The molecule has 0 atom stereocenters. The highest BCUT2D eigenvalue weighted by Gasteiger charge is 2.23. The summed E-state index contributed by atoms with van der Waals surface area (Å²) in [6, 6.07) is 14.7. The smallest absolute Gasteiger partial charge is 0.123 e. The van der Waals surface area contributed by atoms with Crippen molar-refractivity contribution in [2.24, 2.45) is 0 Å². The number of rotatable bonds is 6. The van der Waals surface area contributed by atoms with E-state index in [1.165, 1.54) is 6.07 Å². The largest absolute Gasteiger partial charge is 0.550 e. The molecule has 29 heavy (non-hydrogen) atoms. The van der Waals surface area contributed by atoms with Gasteiger partial charge in [-0.1, -0.05) is 35.9 Å². The summed E-state index contributed by atoms with van der Waals surface area (Å²) in [6.07, 6.45) is 2.67. The third-order valence-electron chi connectivity index (χ3n) is 5.74. The average molecular weight is 414 g/mol. The zero-order valence-corrected chi connectivity index (χ0v) is 16.9. The standard InChI is InChI=1S/C23H24ClFN2O2/c24-22-15-18-5-4-17(14-23(28)29)13-21(18)27(22)20-7-10-26(11-8-20)9-6-16-2-1-3-19(25)12-16/h1-5,12-13,15,20H,6-11,14H2,(H,28,29)/p-1. The third-order valence-corrected chi connectivity index (χ3v) is 6.03. The van der Waals surface area contributed by atoms with Gasteiger partial charge in [0.15, 0.2) is 0 Å². The van der Waals surface area contributed by atoms with Crippen molar-refractivity contribution in [2.45, 2.75) is 31.7 Å². The van der Waals surface area contributed by atoms with Crippen LogP contribution in [0.15, 0.2) is 48.5 Å². The molecule has 0 radical (unpaired) electrons. The van der Waals surface area contributed by atoms with Crippen LogP contribution in [0.5, 0.6) is 0 Å². The number of aliphatic carboxylic acids is 1. The number of likely N-dealkylation sites (tertiary alicyclic amines) is 1. The van der Waals surface area contributed by atoms with Gasteiger partial charge in [-0.2, -0.15) is 0 Å². The Bertz CT molecular complexity index is 1020. The number of nitrogens with zero attached hydrogens (tertiary/aromatic N) is 2. The van der Waals surface area contributed by atoms with Gasteiger partial charge in [0.2, 0.25) is 0 Å². The molecule has 152 valence electrons. The molecule has 2 heterocycles. The Hall–Kier alpha value is -2.37. The number of piperidine rings is 1. The number of carbonyl (C=O) groups is 1. The maximum Gasteiger partial charge on any atom is 0.123 e. The van der Waals surface area contributed by atoms with E-state index in [1.807, 2.05) is 30.3 Å². The van der Waals surface area contributed by atoms with Crippen molar-refractivity contribution in [3.05, 3.63) is 70.6 Å². The van der Waals surface area contributed by atoms with Crippen LogP contribution < -0.4 is 5.11 Å². The van der Waals surface area contributed by atoms with E-state index < -0.39 is 5.97 Å². The highest BCUT2D eigenvalue weighted by atomic mass is 35.5. The zero-order chi connectivity index (χ0) is 20.4. The zero-order valence-electron chi connectivity index (χ0n) is 16.1. The maximum absolute atomic E-state index is 13.3. The molecule has 0 N–H and O–H groups in total. The summed E-state index contributed by atoms with van der Waals surface area (Å²) in [4.78, 5) is 13.4. The van der Waals surface area contributed by atoms with E-state index in [9.17, 15) is 14.3 Å². The van der Waals surface area contributed by atoms with Gasteiger partial charge in [-0.25, -0.2) is 4.39 Å². The van der Waals surface area contributed by atoms with Gasteiger partial charge < -0.3 is 19.4 Å². The van der Waals surface area contributed by atoms with Crippen molar-refractivity contribution >= 4 is 28.5 Å². The van der Waals surface area contributed by atoms with Crippen LogP contribution in [0.1, 0.15) is 30.0 Å². The van der Waals surface area contributed by atoms with Gasteiger partial charge in [0, 0.05) is 49.0 Å². The highest BCUT2D eigenvalue weighted by Crippen LogP contribution is 2.33. The second-order valence-electron chi connectivity index (χ2n) is 7.73. The molecular formula is C23H23ClFN2O2-. The molecule has 0 bridgehead atoms. The first-order valence-electron chi connectivity index (χ1n) is 9.95. The first kappa shape index (κ1) is 19.9. The molecule has 1 aliphatic heterocycles. The molecule has 1 fully saturated rings. The SMILES string of the molecule is O=C([O-])Cc1ccc2cc(Cl)n(C3CCN(CCc4cccc(F)c4)CC3)c2c1. The molecule has 0 amide bonds. The minimum absolute atomic E-state index is 0.0999. The number of hydrogen-bond donors (Lipinski definition) is 0. The van der Waals surface area contributed by atoms with Crippen LogP contribution in [0, 0.1) is 5.82 Å². The van der Waals surface area contributed by atoms with E-state index in [1.54, 1.807) is 12.1 Å². The fourth-order valence-electron chi connectivity index (χ4n) is 4.26. The lowest BCUT2D eigenvalue weighted by Gasteiger charge is -2.33. The third kappa shape index (κ3) is 4.62. The molecule has 1 aromatic heterocycles. The lowest BCUT2D eigenvalue weighted by molar-refractivity contribution is -0.304. The van der Waals surface area contributed by atoms with Gasteiger partial charge in [-0.15, -0.1) is 0 Å².